The number of carbonyl (C=O) groups is 2. The number of rotatable bonds is 5. The number of nitrogens with zero attached hydrogens (tertiary/aromatic N) is 1. The minimum Gasteiger partial charge on any atom is -0.457 e. The van der Waals surface area contributed by atoms with E-state index < -0.39 is 6.04 Å². The zero-order chi connectivity index (χ0) is 20.0. The molecule has 29 heavy (non-hydrogen) atoms. The van der Waals surface area contributed by atoms with Gasteiger partial charge in [0, 0.05) is 27.8 Å². The normalized spacial score (nSPS) is 25.3. The molecule has 2 aliphatic heterocycles. The van der Waals surface area contributed by atoms with Crippen LogP contribution < -0.4 is 10.6 Å². The van der Waals surface area contributed by atoms with Crippen molar-refractivity contribution in [2.24, 2.45) is 5.92 Å². The zero-order valence-corrected chi connectivity index (χ0v) is 16.6. The predicted molar refractivity (Wildman–Crippen MR) is 108 cm³/mol. The van der Waals surface area contributed by atoms with Gasteiger partial charge in [-0.05, 0) is 55.0 Å². The summed E-state index contributed by atoms with van der Waals surface area (Å²) in [6, 6.07) is 11.7. The number of carbonyl (C=O) groups excluding carboxylic acids is 2. The Morgan fingerprint density at radius 1 is 1.34 bits per heavy atom. The second-order valence-electron chi connectivity index (χ2n) is 8.02. The van der Waals surface area contributed by atoms with E-state index in [2.05, 4.69) is 16.7 Å². The van der Waals surface area contributed by atoms with E-state index in [0.717, 1.165) is 40.1 Å². The third-order valence-electron chi connectivity index (χ3n) is 6.15. The lowest BCUT2D eigenvalue weighted by atomic mass is 9.99. The molecule has 3 heterocycles. The molecule has 0 spiro atoms. The number of piperidine rings is 1. The van der Waals surface area contributed by atoms with Crippen molar-refractivity contribution in [2.45, 2.75) is 50.4 Å². The lowest BCUT2D eigenvalue weighted by molar-refractivity contribution is -0.124. The first kappa shape index (κ1) is 18.3. The fourth-order valence-corrected chi connectivity index (χ4v) is 5.72. The van der Waals surface area contributed by atoms with Crippen molar-refractivity contribution in [2.75, 3.05) is 0 Å². The van der Waals surface area contributed by atoms with Crippen LogP contribution in [0.3, 0.4) is 0 Å². The fraction of sp³-hybridized carbons (Fsp3) is 0.409. The first-order valence-electron chi connectivity index (χ1n) is 9.96. The number of benzene rings is 1. The molecule has 2 bridgehead atoms. The molecule has 7 heteroatoms. The Bertz CT molecular complexity index is 1020. The number of nitriles is 1. The van der Waals surface area contributed by atoms with Gasteiger partial charge in [-0.1, -0.05) is 6.07 Å². The van der Waals surface area contributed by atoms with Crippen LogP contribution in [0.2, 0.25) is 0 Å². The summed E-state index contributed by atoms with van der Waals surface area (Å²) < 4.78 is 5.07. The second-order valence-corrected chi connectivity index (χ2v) is 9.19. The van der Waals surface area contributed by atoms with Crippen LogP contribution in [0.25, 0.3) is 10.4 Å². The highest BCUT2D eigenvalue weighted by Gasteiger charge is 2.43. The highest BCUT2D eigenvalue weighted by Crippen LogP contribution is 2.35. The maximum atomic E-state index is 12.6. The van der Waals surface area contributed by atoms with Crippen LogP contribution in [0.5, 0.6) is 0 Å². The molecule has 2 N–H and O–H groups in total. The molecule has 1 aromatic carbocycles. The number of fused-ring (bicyclic) bond motifs is 3. The molecule has 1 amide bonds. The van der Waals surface area contributed by atoms with Gasteiger partial charge in [0.25, 0.3) is 0 Å². The van der Waals surface area contributed by atoms with Gasteiger partial charge in [-0.25, -0.2) is 4.79 Å². The standard InChI is InChI=1S/C22H21N3O3S/c23-10-16(25-21(26)20-13-1-3-15(8-13)24-20)9-17-4-6-19(29-17)12-2-5-18-14(7-12)11-28-22(18)27/h2,4-7,13,15-16,20,24H,1,3,8-9,11H2,(H,25,26)/t13-,15-,16-,20-/m0/s1. The van der Waals surface area contributed by atoms with Gasteiger partial charge in [-0.3, -0.25) is 4.79 Å². The van der Waals surface area contributed by atoms with Crippen LogP contribution in [0.1, 0.15) is 40.1 Å². The van der Waals surface area contributed by atoms with Crippen molar-refractivity contribution < 1.29 is 14.3 Å². The quantitative estimate of drug-likeness (QED) is 0.744. The fourth-order valence-electron chi connectivity index (χ4n) is 4.67. The van der Waals surface area contributed by atoms with Crippen LogP contribution in [-0.2, 0) is 22.6 Å². The van der Waals surface area contributed by atoms with E-state index >= 15 is 0 Å². The molecule has 1 aliphatic carbocycles. The topological polar surface area (TPSA) is 91.2 Å². The Labute approximate surface area is 172 Å². The highest BCUT2D eigenvalue weighted by atomic mass is 32.1. The Balaban J connectivity index is 1.25. The molecule has 5 rings (SSSR count). The van der Waals surface area contributed by atoms with Gasteiger partial charge < -0.3 is 15.4 Å². The second kappa shape index (κ2) is 7.29. The Morgan fingerprint density at radius 2 is 2.24 bits per heavy atom. The van der Waals surface area contributed by atoms with Crippen LogP contribution in [0, 0.1) is 17.2 Å². The van der Waals surface area contributed by atoms with E-state index in [1.165, 1.54) is 0 Å². The summed E-state index contributed by atoms with van der Waals surface area (Å²) in [5.41, 5.74) is 2.57. The summed E-state index contributed by atoms with van der Waals surface area (Å²) in [6.45, 7) is 0.319. The molecule has 6 nitrogen and oxygen atoms in total. The number of hydrogen-bond donors (Lipinski definition) is 2. The van der Waals surface area contributed by atoms with E-state index in [-0.39, 0.29) is 17.9 Å². The molecule has 3 aliphatic rings. The maximum absolute atomic E-state index is 12.6. The number of hydrogen-bond acceptors (Lipinski definition) is 6. The monoisotopic (exact) mass is 407 g/mol. The summed E-state index contributed by atoms with van der Waals surface area (Å²) in [6.07, 6.45) is 3.80. The molecular weight excluding hydrogens is 386 g/mol. The molecular formula is C22H21N3O3S. The van der Waals surface area contributed by atoms with Crippen LogP contribution in [-0.4, -0.2) is 30.0 Å². The van der Waals surface area contributed by atoms with Crippen LogP contribution >= 0.6 is 11.3 Å². The minimum atomic E-state index is -0.541. The van der Waals surface area contributed by atoms with Gasteiger partial charge in [0.15, 0.2) is 0 Å². The lowest BCUT2D eigenvalue weighted by Crippen LogP contribution is -2.50. The van der Waals surface area contributed by atoms with E-state index in [1.807, 2.05) is 24.3 Å². The number of amides is 1. The van der Waals surface area contributed by atoms with Crippen molar-refractivity contribution in [3.63, 3.8) is 0 Å². The molecule has 2 aromatic rings. The number of cyclic esters (lactones) is 1. The van der Waals surface area contributed by atoms with Gasteiger partial charge in [0.1, 0.15) is 12.6 Å². The van der Waals surface area contributed by atoms with Gasteiger partial charge in [0.2, 0.25) is 5.91 Å². The molecule has 1 saturated heterocycles. The number of thiophene rings is 1. The van der Waals surface area contributed by atoms with E-state index in [9.17, 15) is 14.9 Å². The largest absolute Gasteiger partial charge is 0.457 e. The average molecular weight is 407 g/mol. The maximum Gasteiger partial charge on any atom is 0.338 e. The Kier molecular flexibility index (Phi) is 4.61. The summed E-state index contributed by atoms with van der Waals surface area (Å²) >= 11 is 1.60. The summed E-state index contributed by atoms with van der Waals surface area (Å²) in [7, 11) is 0. The zero-order valence-electron chi connectivity index (χ0n) is 15.8. The third-order valence-corrected chi connectivity index (χ3v) is 7.31. The SMILES string of the molecule is N#C[C@H](Cc1ccc(-c2ccc3c(c2)COC3=O)s1)NC(=O)[C@H]1N[C@H]2CC[C@H]1C2. The molecule has 148 valence electrons. The van der Waals surface area contributed by atoms with Gasteiger partial charge in [0.05, 0.1) is 17.7 Å². The van der Waals surface area contributed by atoms with E-state index in [0.29, 0.717) is 30.6 Å². The smallest absolute Gasteiger partial charge is 0.338 e. The van der Waals surface area contributed by atoms with Crippen molar-refractivity contribution in [3.05, 3.63) is 46.3 Å². The van der Waals surface area contributed by atoms with Crippen LogP contribution in [0.4, 0.5) is 0 Å². The van der Waals surface area contributed by atoms with Crippen molar-refractivity contribution in [1.29, 1.82) is 5.26 Å². The first-order valence-corrected chi connectivity index (χ1v) is 10.8. The lowest BCUT2D eigenvalue weighted by Gasteiger charge is -2.23. The van der Waals surface area contributed by atoms with Crippen molar-refractivity contribution in [1.82, 2.24) is 10.6 Å². The summed E-state index contributed by atoms with van der Waals surface area (Å²) in [5, 5.41) is 15.8. The Hall–Kier alpha value is -2.69. The van der Waals surface area contributed by atoms with Crippen molar-refractivity contribution in [3.8, 4) is 16.5 Å². The Morgan fingerprint density at radius 3 is 3.00 bits per heavy atom. The highest BCUT2D eigenvalue weighted by molar-refractivity contribution is 7.15. The van der Waals surface area contributed by atoms with Gasteiger partial charge in [-0.15, -0.1) is 11.3 Å². The van der Waals surface area contributed by atoms with Gasteiger partial charge >= 0.3 is 5.97 Å². The predicted octanol–water partition coefficient (Wildman–Crippen LogP) is 2.78. The van der Waals surface area contributed by atoms with Gasteiger partial charge in [-0.2, -0.15) is 5.26 Å². The number of ether oxygens (including phenoxy) is 1. The van der Waals surface area contributed by atoms with Crippen molar-refractivity contribution >= 4 is 23.2 Å². The molecule has 0 unspecified atom stereocenters. The average Bonchev–Trinajstić information content (AvgIpc) is 3.52. The first-order chi connectivity index (χ1) is 14.1. The van der Waals surface area contributed by atoms with E-state index in [4.69, 9.17) is 4.74 Å². The van der Waals surface area contributed by atoms with Crippen LogP contribution in [0.15, 0.2) is 30.3 Å². The third kappa shape index (κ3) is 3.43. The van der Waals surface area contributed by atoms with E-state index in [1.54, 1.807) is 17.4 Å². The molecule has 4 atom stereocenters. The number of esters is 1. The minimum absolute atomic E-state index is 0.0520. The molecule has 2 fully saturated rings. The number of nitrogens with one attached hydrogen (secondary N) is 2. The summed E-state index contributed by atoms with van der Waals surface area (Å²) in [4.78, 5) is 26.3. The molecule has 0 radical (unpaired) electrons. The molecule has 1 saturated carbocycles. The summed E-state index contributed by atoms with van der Waals surface area (Å²) in [5.74, 6) is 0.0863. The molecule has 1 aromatic heterocycles.